The smallest absolute Gasteiger partial charge is 0.354 e. The van der Waals surface area contributed by atoms with Crippen LogP contribution >= 0.6 is 11.6 Å². The lowest BCUT2D eigenvalue weighted by Gasteiger charge is -2.15. The van der Waals surface area contributed by atoms with Crippen LogP contribution < -0.4 is 10.9 Å². The predicted octanol–water partition coefficient (Wildman–Crippen LogP) is 2.84. The Bertz CT molecular complexity index is 804. The molecule has 0 aliphatic heterocycles. The van der Waals surface area contributed by atoms with Crippen LogP contribution in [0.2, 0.25) is 5.02 Å². The van der Waals surface area contributed by atoms with Crippen LogP contribution in [-0.2, 0) is 17.4 Å². The van der Waals surface area contributed by atoms with Gasteiger partial charge in [0, 0.05) is 17.6 Å². The molecule has 0 saturated carbocycles. The largest absolute Gasteiger partial charge is 0.435 e. The fourth-order valence-electron chi connectivity index (χ4n) is 2.09. The number of hydrogen-bond acceptors (Lipinski definition) is 3. The van der Waals surface area contributed by atoms with E-state index in [-0.39, 0.29) is 6.54 Å². The van der Waals surface area contributed by atoms with E-state index in [2.05, 4.69) is 10.4 Å². The molecule has 2 rings (SSSR count). The van der Waals surface area contributed by atoms with Gasteiger partial charge in [-0.2, -0.15) is 18.3 Å². The van der Waals surface area contributed by atoms with E-state index in [1.165, 1.54) is 6.92 Å². The Balaban J connectivity index is 2.02. The third-order valence-corrected chi connectivity index (χ3v) is 3.74. The number of halogens is 4. The SMILES string of the molecule is CC(C(=O)NCCc1ccc(Cl)cc1)n1nc(C(F)(F)F)ccc1=O. The molecule has 5 nitrogen and oxygen atoms in total. The maximum absolute atomic E-state index is 12.7. The van der Waals surface area contributed by atoms with Crippen LogP contribution in [0, 0.1) is 0 Å². The number of hydrogen-bond donors (Lipinski definition) is 1. The molecule has 0 saturated heterocycles. The zero-order chi connectivity index (χ0) is 18.6. The minimum Gasteiger partial charge on any atom is -0.354 e. The summed E-state index contributed by atoms with van der Waals surface area (Å²) in [7, 11) is 0. The van der Waals surface area contributed by atoms with E-state index in [1.807, 2.05) is 0 Å². The van der Waals surface area contributed by atoms with E-state index in [0.717, 1.165) is 11.6 Å². The molecule has 134 valence electrons. The molecule has 0 spiro atoms. The second-order valence-electron chi connectivity index (χ2n) is 5.34. The number of nitrogens with one attached hydrogen (secondary N) is 1. The number of carbonyl (C=O) groups is 1. The average molecular weight is 374 g/mol. The molecule has 1 N–H and O–H groups in total. The van der Waals surface area contributed by atoms with Gasteiger partial charge in [0.25, 0.3) is 5.56 Å². The van der Waals surface area contributed by atoms with Crippen LogP contribution in [0.5, 0.6) is 0 Å². The lowest BCUT2D eigenvalue weighted by molar-refractivity contribution is -0.143. The monoisotopic (exact) mass is 373 g/mol. The first kappa shape index (κ1) is 19.0. The molecular formula is C16H15ClF3N3O2. The lowest BCUT2D eigenvalue weighted by Crippen LogP contribution is -2.38. The molecule has 0 aliphatic rings. The summed E-state index contributed by atoms with van der Waals surface area (Å²) in [4.78, 5) is 23.8. The van der Waals surface area contributed by atoms with Gasteiger partial charge in [-0.3, -0.25) is 9.59 Å². The van der Waals surface area contributed by atoms with Gasteiger partial charge < -0.3 is 5.32 Å². The second-order valence-corrected chi connectivity index (χ2v) is 5.78. The molecule has 0 fully saturated rings. The van der Waals surface area contributed by atoms with E-state index >= 15 is 0 Å². The van der Waals surface area contributed by atoms with Crippen molar-refractivity contribution in [3.8, 4) is 0 Å². The number of aromatic nitrogens is 2. The van der Waals surface area contributed by atoms with Crippen LogP contribution in [0.25, 0.3) is 0 Å². The maximum atomic E-state index is 12.7. The minimum atomic E-state index is -4.69. The molecule has 1 heterocycles. The van der Waals surface area contributed by atoms with Crippen molar-refractivity contribution in [2.75, 3.05) is 6.54 Å². The Morgan fingerprint density at radius 3 is 2.48 bits per heavy atom. The summed E-state index contributed by atoms with van der Waals surface area (Å²) >= 11 is 5.78. The Kier molecular flexibility index (Phi) is 5.84. The van der Waals surface area contributed by atoms with E-state index < -0.39 is 29.4 Å². The van der Waals surface area contributed by atoms with E-state index in [4.69, 9.17) is 11.6 Å². The van der Waals surface area contributed by atoms with E-state index in [9.17, 15) is 22.8 Å². The molecule has 1 atom stereocenters. The Morgan fingerprint density at radius 2 is 1.88 bits per heavy atom. The first-order chi connectivity index (χ1) is 11.7. The van der Waals surface area contributed by atoms with Crippen LogP contribution in [0.3, 0.4) is 0 Å². The van der Waals surface area contributed by atoms with Gasteiger partial charge in [-0.15, -0.1) is 0 Å². The Labute approximate surface area is 146 Å². The standard InChI is InChI=1S/C16H15ClF3N3O2/c1-10(23-14(24)7-6-13(22-23)16(18,19)20)15(25)21-9-8-11-2-4-12(17)5-3-11/h2-7,10H,8-9H2,1H3,(H,21,25). The number of alkyl halides is 3. The van der Waals surface area contributed by atoms with Crippen LogP contribution in [-0.4, -0.2) is 22.2 Å². The van der Waals surface area contributed by atoms with Gasteiger partial charge in [0.05, 0.1) is 0 Å². The summed E-state index contributed by atoms with van der Waals surface area (Å²) in [6.07, 6.45) is -4.18. The number of nitrogens with zero attached hydrogens (tertiary/aromatic N) is 2. The summed E-state index contributed by atoms with van der Waals surface area (Å²) < 4.78 is 38.6. The minimum absolute atomic E-state index is 0.262. The molecule has 2 aromatic rings. The third kappa shape index (κ3) is 5.06. The molecule has 25 heavy (non-hydrogen) atoms. The third-order valence-electron chi connectivity index (χ3n) is 3.49. The fraction of sp³-hybridized carbons (Fsp3) is 0.312. The maximum Gasteiger partial charge on any atom is 0.435 e. The highest BCUT2D eigenvalue weighted by Gasteiger charge is 2.34. The number of benzene rings is 1. The van der Waals surface area contributed by atoms with Crippen molar-refractivity contribution in [1.82, 2.24) is 15.1 Å². The van der Waals surface area contributed by atoms with Crippen molar-refractivity contribution in [3.63, 3.8) is 0 Å². The van der Waals surface area contributed by atoms with Gasteiger partial charge in [-0.25, -0.2) is 4.68 Å². The Morgan fingerprint density at radius 1 is 1.24 bits per heavy atom. The van der Waals surface area contributed by atoms with Crippen LogP contribution in [0.15, 0.2) is 41.2 Å². The molecule has 1 aromatic carbocycles. The van der Waals surface area contributed by atoms with Crippen molar-refractivity contribution >= 4 is 17.5 Å². The molecule has 1 unspecified atom stereocenters. The van der Waals surface area contributed by atoms with Gasteiger partial charge in [-0.1, -0.05) is 23.7 Å². The van der Waals surface area contributed by atoms with Gasteiger partial charge in [0.2, 0.25) is 5.91 Å². The summed E-state index contributed by atoms with van der Waals surface area (Å²) in [5.41, 5.74) is -1.08. The quantitative estimate of drug-likeness (QED) is 0.876. The molecule has 0 aliphatic carbocycles. The lowest BCUT2D eigenvalue weighted by atomic mass is 10.1. The van der Waals surface area contributed by atoms with Gasteiger partial charge in [-0.05, 0) is 37.1 Å². The first-order valence-electron chi connectivity index (χ1n) is 7.37. The molecule has 1 amide bonds. The summed E-state index contributed by atoms with van der Waals surface area (Å²) in [6, 6.07) is 7.20. The van der Waals surface area contributed by atoms with Gasteiger partial charge in [0.15, 0.2) is 5.69 Å². The molecule has 9 heteroatoms. The highest BCUT2D eigenvalue weighted by molar-refractivity contribution is 6.30. The van der Waals surface area contributed by atoms with Crippen LogP contribution in [0.4, 0.5) is 13.2 Å². The van der Waals surface area contributed by atoms with Crippen molar-refractivity contribution in [1.29, 1.82) is 0 Å². The highest BCUT2D eigenvalue weighted by Crippen LogP contribution is 2.26. The van der Waals surface area contributed by atoms with Gasteiger partial charge in [0.1, 0.15) is 6.04 Å². The number of amides is 1. The second kappa shape index (κ2) is 7.69. The number of rotatable bonds is 5. The van der Waals surface area contributed by atoms with Crippen LogP contribution in [0.1, 0.15) is 24.2 Å². The fourth-order valence-corrected chi connectivity index (χ4v) is 2.22. The van der Waals surface area contributed by atoms with Crippen molar-refractivity contribution in [2.45, 2.75) is 25.6 Å². The van der Waals surface area contributed by atoms with Gasteiger partial charge >= 0.3 is 6.18 Å². The van der Waals surface area contributed by atoms with Crippen molar-refractivity contribution in [3.05, 3.63) is 63.0 Å². The summed E-state index contributed by atoms with van der Waals surface area (Å²) in [6.45, 7) is 1.57. The molecular weight excluding hydrogens is 359 g/mol. The van der Waals surface area contributed by atoms with E-state index in [1.54, 1.807) is 24.3 Å². The highest BCUT2D eigenvalue weighted by atomic mass is 35.5. The zero-order valence-electron chi connectivity index (χ0n) is 13.2. The Hall–Kier alpha value is -2.35. The summed E-state index contributed by atoms with van der Waals surface area (Å²) in [5.74, 6) is -0.595. The predicted molar refractivity (Wildman–Crippen MR) is 86.4 cm³/mol. The topological polar surface area (TPSA) is 64.0 Å². The van der Waals surface area contributed by atoms with Crippen molar-refractivity contribution in [2.24, 2.45) is 0 Å². The van der Waals surface area contributed by atoms with E-state index in [0.29, 0.717) is 22.2 Å². The number of carbonyl (C=O) groups excluding carboxylic acids is 1. The normalized spacial score (nSPS) is 12.7. The molecule has 0 radical (unpaired) electrons. The summed E-state index contributed by atoms with van der Waals surface area (Å²) in [5, 5.41) is 6.41. The first-order valence-corrected chi connectivity index (χ1v) is 7.75. The zero-order valence-corrected chi connectivity index (χ0v) is 13.9. The molecule has 0 bridgehead atoms. The molecule has 1 aromatic heterocycles. The average Bonchev–Trinajstić information content (AvgIpc) is 2.55. The van der Waals surface area contributed by atoms with Crippen molar-refractivity contribution < 1.29 is 18.0 Å².